The van der Waals surface area contributed by atoms with Crippen molar-refractivity contribution in [3.8, 4) is 0 Å². The van der Waals surface area contributed by atoms with Gasteiger partial charge in [-0.05, 0) is 74.8 Å². The van der Waals surface area contributed by atoms with Gasteiger partial charge in [0.05, 0.1) is 19.1 Å². The Labute approximate surface area is 381 Å². The van der Waals surface area contributed by atoms with Crippen LogP contribution in [0.3, 0.4) is 0 Å². The molecule has 0 bridgehead atoms. The molecule has 0 fully saturated rings. The fourth-order valence-electron chi connectivity index (χ4n) is 6.84. The van der Waals surface area contributed by atoms with Crippen LogP contribution in [0.2, 0.25) is 0 Å². The SMILES string of the molecule is CC(C)C[C@H](NC(=O)[C@H](CC(C)C)NC(=O)[C@H](CC(C)C)NC(=O)[C@@H](N)CC(C)C)C(=O)NCC(=O)NCC(=O)N[C@@H](C)C(=O)N[C@@H](Cc1c[nH]c2ccccc12)C(=O)N[C@@H](C)C(=O)O. The smallest absolute Gasteiger partial charge is 0.325 e. The lowest BCUT2D eigenvalue weighted by molar-refractivity contribution is -0.141. The molecule has 1 aromatic carbocycles. The first-order valence-corrected chi connectivity index (χ1v) is 22.3. The minimum Gasteiger partial charge on any atom is -0.480 e. The van der Waals surface area contributed by atoms with Crippen molar-refractivity contribution in [1.82, 2.24) is 47.5 Å². The summed E-state index contributed by atoms with van der Waals surface area (Å²) in [5.41, 5.74) is 7.55. The van der Waals surface area contributed by atoms with Crippen molar-refractivity contribution in [2.24, 2.45) is 29.4 Å². The van der Waals surface area contributed by atoms with Crippen LogP contribution >= 0.6 is 0 Å². The summed E-state index contributed by atoms with van der Waals surface area (Å²) in [6.07, 6.45) is 2.81. The lowest BCUT2D eigenvalue weighted by Crippen LogP contribution is -2.58. The van der Waals surface area contributed by atoms with Crippen molar-refractivity contribution in [3.05, 3.63) is 36.0 Å². The summed E-state index contributed by atoms with van der Waals surface area (Å²) < 4.78 is 0. The van der Waals surface area contributed by atoms with E-state index in [9.17, 15) is 48.3 Å². The Morgan fingerprint density at radius 3 is 1.51 bits per heavy atom. The molecular weight excluding hydrogens is 841 g/mol. The lowest BCUT2D eigenvalue weighted by Gasteiger charge is -2.28. The highest BCUT2D eigenvalue weighted by Crippen LogP contribution is 2.19. The van der Waals surface area contributed by atoms with Gasteiger partial charge < -0.3 is 58.4 Å². The van der Waals surface area contributed by atoms with Crippen molar-refractivity contribution < 1.29 is 48.3 Å². The van der Waals surface area contributed by atoms with Crippen LogP contribution in [-0.4, -0.2) is 119 Å². The van der Waals surface area contributed by atoms with Gasteiger partial charge in [-0.2, -0.15) is 0 Å². The first-order valence-electron chi connectivity index (χ1n) is 22.3. The van der Waals surface area contributed by atoms with Gasteiger partial charge in [-0.3, -0.25) is 43.2 Å². The van der Waals surface area contributed by atoms with Crippen molar-refractivity contribution in [2.45, 2.75) is 144 Å². The van der Waals surface area contributed by atoms with E-state index in [-0.39, 0.29) is 42.9 Å². The second kappa shape index (κ2) is 26.7. The van der Waals surface area contributed by atoms with Crippen molar-refractivity contribution in [2.75, 3.05) is 13.1 Å². The highest BCUT2D eigenvalue weighted by molar-refractivity contribution is 5.97. The van der Waals surface area contributed by atoms with E-state index in [0.717, 1.165) is 10.9 Å². The summed E-state index contributed by atoms with van der Waals surface area (Å²) in [4.78, 5) is 120. The van der Waals surface area contributed by atoms with Gasteiger partial charge in [0.15, 0.2) is 0 Å². The zero-order valence-electron chi connectivity index (χ0n) is 39.4. The van der Waals surface area contributed by atoms with Crippen LogP contribution in [0.5, 0.6) is 0 Å². The molecular formula is C45H72N10O10. The first-order chi connectivity index (χ1) is 30.4. The molecule has 0 radical (unpaired) electrons. The minimum atomic E-state index is -1.27. The predicted molar refractivity (Wildman–Crippen MR) is 244 cm³/mol. The summed E-state index contributed by atoms with van der Waals surface area (Å²) in [7, 11) is 0. The number of hydrogen-bond donors (Lipinski definition) is 11. The fraction of sp³-hybridized carbons (Fsp3) is 0.622. The van der Waals surface area contributed by atoms with Crippen LogP contribution in [0.1, 0.15) is 100 Å². The van der Waals surface area contributed by atoms with E-state index in [1.54, 1.807) is 6.20 Å². The molecule has 7 atom stereocenters. The van der Waals surface area contributed by atoms with Gasteiger partial charge in [0.2, 0.25) is 47.3 Å². The van der Waals surface area contributed by atoms with E-state index >= 15 is 0 Å². The molecule has 0 spiro atoms. The number of benzene rings is 1. The van der Waals surface area contributed by atoms with E-state index in [1.165, 1.54) is 13.8 Å². The van der Waals surface area contributed by atoms with Crippen molar-refractivity contribution in [3.63, 3.8) is 0 Å². The molecule has 2 aromatic rings. The Kier molecular flexibility index (Phi) is 22.6. The molecule has 1 aromatic heterocycles. The topological polar surface area (TPSA) is 312 Å². The van der Waals surface area contributed by atoms with Crippen molar-refractivity contribution >= 4 is 64.1 Å². The molecule has 0 aliphatic carbocycles. The number of aliphatic carboxylic acids is 1. The summed E-state index contributed by atoms with van der Waals surface area (Å²) in [6, 6.07) is -0.268. The van der Waals surface area contributed by atoms with Gasteiger partial charge >= 0.3 is 5.97 Å². The third kappa shape index (κ3) is 19.7. The molecule has 362 valence electrons. The summed E-state index contributed by atoms with van der Waals surface area (Å²) in [6.45, 7) is 16.6. The molecule has 0 unspecified atom stereocenters. The number of amides is 8. The highest BCUT2D eigenvalue weighted by atomic mass is 16.4. The molecule has 2 rings (SSSR count). The van der Waals surface area contributed by atoms with Gasteiger partial charge in [-0.1, -0.05) is 73.6 Å². The monoisotopic (exact) mass is 913 g/mol. The van der Waals surface area contributed by atoms with Gasteiger partial charge in [0.25, 0.3) is 0 Å². The zero-order valence-corrected chi connectivity index (χ0v) is 39.4. The fourth-order valence-corrected chi connectivity index (χ4v) is 6.84. The van der Waals surface area contributed by atoms with Crippen LogP contribution in [0, 0.1) is 23.7 Å². The van der Waals surface area contributed by atoms with Crippen LogP contribution in [0.4, 0.5) is 0 Å². The number of carbonyl (C=O) groups is 9. The average molecular weight is 913 g/mol. The van der Waals surface area contributed by atoms with Gasteiger partial charge in [-0.15, -0.1) is 0 Å². The Bertz CT molecular complexity index is 1970. The third-order valence-corrected chi connectivity index (χ3v) is 10.2. The molecule has 0 aliphatic heterocycles. The summed E-state index contributed by atoms with van der Waals surface area (Å²) in [5.74, 6) is -6.58. The van der Waals surface area contributed by atoms with E-state index in [4.69, 9.17) is 5.73 Å². The molecule has 0 saturated heterocycles. The molecule has 8 amide bonds. The molecule has 65 heavy (non-hydrogen) atoms. The van der Waals surface area contributed by atoms with Gasteiger partial charge in [-0.25, -0.2) is 0 Å². The van der Waals surface area contributed by atoms with Crippen LogP contribution in [-0.2, 0) is 49.6 Å². The second-order valence-corrected chi connectivity index (χ2v) is 18.3. The number of nitrogens with two attached hydrogens (primary N) is 1. The normalized spacial score (nSPS) is 14.6. The van der Waals surface area contributed by atoms with Gasteiger partial charge in [0.1, 0.15) is 36.3 Å². The van der Waals surface area contributed by atoms with Gasteiger partial charge in [0, 0.05) is 23.5 Å². The number of H-pyrrole nitrogens is 1. The highest BCUT2D eigenvalue weighted by Gasteiger charge is 2.32. The maximum Gasteiger partial charge on any atom is 0.325 e. The number of para-hydroxylation sites is 1. The van der Waals surface area contributed by atoms with Crippen LogP contribution < -0.4 is 48.3 Å². The molecule has 12 N–H and O–H groups in total. The van der Waals surface area contributed by atoms with E-state index in [0.29, 0.717) is 18.4 Å². The number of carboxylic acid groups (broad SMARTS) is 1. The maximum absolute atomic E-state index is 13.7. The zero-order chi connectivity index (χ0) is 49.1. The van der Waals surface area contributed by atoms with Crippen LogP contribution in [0.25, 0.3) is 10.9 Å². The van der Waals surface area contributed by atoms with E-state index in [2.05, 4.69) is 47.5 Å². The summed E-state index contributed by atoms with van der Waals surface area (Å²) in [5, 5.41) is 30.6. The predicted octanol–water partition coefficient (Wildman–Crippen LogP) is 0.488. The molecule has 1 heterocycles. The number of nitrogens with one attached hydrogen (secondary N) is 9. The molecule has 0 aliphatic rings. The number of carbonyl (C=O) groups excluding carboxylic acids is 8. The Hall–Kier alpha value is -6.05. The van der Waals surface area contributed by atoms with E-state index < -0.39 is 109 Å². The molecule has 20 heteroatoms. The number of carboxylic acids is 1. The summed E-state index contributed by atoms with van der Waals surface area (Å²) >= 11 is 0. The maximum atomic E-state index is 13.7. The number of fused-ring (bicyclic) bond motifs is 1. The lowest BCUT2D eigenvalue weighted by atomic mass is 9.98. The minimum absolute atomic E-state index is 0.00162. The number of hydrogen-bond acceptors (Lipinski definition) is 10. The largest absolute Gasteiger partial charge is 0.480 e. The quantitative estimate of drug-likeness (QED) is 0.0586. The second-order valence-electron chi connectivity index (χ2n) is 18.3. The third-order valence-electron chi connectivity index (χ3n) is 10.2. The first kappa shape index (κ1) is 55.1. The van der Waals surface area contributed by atoms with Crippen molar-refractivity contribution in [1.29, 1.82) is 0 Å². The Morgan fingerprint density at radius 2 is 0.985 bits per heavy atom. The van der Waals surface area contributed by atoms with Crippen LogP contribution in [0.15, 0.2) is 30.5 Å². The molecule has 20 nitrogen and oxygen atoms in total. The number of aromatic nitrogens is 1. The Morgan fingerprint density at radius 1 is 0.523 bits per heavy atom. The number of aromatic amines is 1. The average Bonchev–Trinajstić information content (AvgIpc) is 3.62. The van der Waals surface area contributed by atoms with E-state index in [1.807, 2.05) is 79.7 Å². The Balaban J connectivity index is 2.02. The number of rotatable bonds is 27. The standard InChI is InChI=1S/C45H72N10O10/c1-23(2)15-31(46)40(59)53-34(17-25(5)6)43(62)55-35(18-26(7)8)44(63)54-33(16-24(3)4)41(60)49-21-37(56)48-22-38(57)50-27(9)39(58)52-36(42(61)51-28(10)45(64)65)19-29-20-47-32-14-12-11-13-30(29)32/h11-14,20,23-28,31,33-36,47H,15-19,21-22,46H2,1-10H3,(H,48,56)(H,49,60)(H,50,57)(H,51,61)(H,52,58)(H,53,59)(H,54,63)(H,55,62)(H,64,65)/t27-,28-,31-,33-,34-,35-,36-/m0/s1. The molecule has 0 saturated carbocycles.